The highest BCUT2D eigenvalue weighted by molar-refractivity contribution is 7.15. The third kappa shape index (κ3) is 2.41. The Labute approximate surface area is 91.4 Å². The van der Waals surface area contributed by atoms with Gasteiger partial charge in [-0.3, -0.25) is 9.78 Å². The quantitative estimate of drug-likeness (QED) is 0.745. The first-order chi connectivity index (χ1) is 7.28. The molecule has 4 heteroatoms. The Morgan fingerprint density at radius 1 is 1.33 bits per heavy atom. The lowest BCUT2D eigenvalue weighted by molar-refractivity contribution is 0.112. The molecule has 3 nitrogen and oxygen atoms in total. The molecular formula is C11H9NO2S. The van der Waals surface area contributed by atoms with Gasteiger partial charge < -0.3 is 4.74 Å². The first-order valence-corrected chi connectivity index (χ1v) is 5.25. The highest BCUT2D eigenvalue weighted by Gasteiger charge is 2.01. The van der Waals surface area contributed by atoms with E-state index in [0.29, 0.717) is 15.7 Å². The summed E-state index contributed by atoms with van der Waals surface area (Å²) in [5.74, 6) is 0.680. The van der Waals surface area contributed by atoms with Crippen LogP contribution < -0.4 is 4.74 Å². The second-order valence-electron chi connectivity index (χ2n) is 3.01. The Hall–Kier alpha value is -1.68. The number of carbonyl (C=O) groups excluding carboxylic acids is 1. The van der Waals surface area contributed by atoms with Gasteiger partial charge in [0.25, 0.3) is 0 Å². The number of hydrogen-bond donors (Lipinski definition) is 0. The molecule has 2 aromatic heterocycles. The monoisotopic (exact) mass is 219 g/mol. The van der Waals surface area contributed by atoms with Crippen molar-refractivity contribution in [2.75, 3.05) is 0 Å². The summed E-state index contributed by atoms with van der Waals surface area (Å²) in [5.41, 5.74) is 0.946. The molecular weight excluding hydrogens is 210 g/mol. The summed E-state index contributed by atoms with van der Waals surface area (Å²) in [6, 6.07) is 7.23. The van der Waals surface area contributed by atoms with Gasteiger partial charge in [0.05, 0.1) is 11.1 Å². The van der Waals surface area contributed by atoms with E-state index in [1.165, 1.54) is 11.3 Å². The van der Waals surface area contributed by atoms with Gasteiger partial charge in [0.1, 0.15) is 5.75 Å². The molecule has 2 rings (SSSR count). The largest absolute Gasteiger partial charge is 0.445 e. The molecule has 0 spiro atoms. The van der Waals surface area contributed by atoms with E-state index in [1.54, 1.807) is 18.3 Å². The number of rotatable bonds is 3. The summed E-state index contributed by atoms with van der Waals surface area (Å²) in [4.78, 5) is 15.2. The molecule has 0 fully saturated rings. The fraction of sp³-hybridized carbons (Fsp3) is 0.0909. The van der Waals surface area contributed by atoms with Crippen LogP contribution in [0, 0.1) is 6.92 Å². The van der Waals surface area contributed by atoms with E-state index in [2.05, 4.69) is 4.98 Å². The second-order valence-corrected chi connectivity index (χ2v) is 4.09. The van der Waals surface area contributed by atoms with Crippen LogP contribution in [0.2, 0.25) is 0 Å². The number of nitrogens with zero attached hydrogens (tertiary/aromatic N) is 1. The predicted octanol–water partition coefficient (Wildman–Crippen LogP) is 3.06. The molecule has 0 saturated carbocycles. The molecule has 2 heterocycles. The number of carbonyl (C=O) groups is 1. The maximum Gasteiger partial charge on any atom is 0.181 e. The smallest absolute Gasteiger partial charge is 0.181 e. The Bertz CT molecular complexity index is 462. The van der Waals surface area contributed by atoms with Crippen molar-refractivity contribution in [1.82, 2.24) is 4.98 Å². The molecule has 15 heavy (non-hydrogen) atoms. The van der Waals surface area contributed by atoms with E-state index in [9.17, 15) is 4.79 Å². The highest BCUT2D eigenvalue weighted by Crippen LogP contribution is 2.28. The fourth-order valence-electron chi connectivity index (χ4n) is 1.08. The molecule has 0 radical (unpaired) electrons. The van der Waals surface area contributed by atoms with Crippen molar-refractivity contribution in [1.29, 1.82) is 0 Å². The standard InChI is InChI=1S/C11H9NO2S/c1-8-2-3-9(6-12-8)14-11-5-4-10(7-13)15-11/h2-7H,1H3. The normalized spacial score (nSPS) is 9.93. The number of hydrogen-bond acceptors (Lipinski definition) is 4. The average molecular weight is 219 g/mol. The molecule has 0 aliphatic carbocycles. The zero-order valence-electron chi connectivity index (χ0n) is 8.14. The van der Waals surface area contributed by atoms with Gasteiger partial charge in [-0.05, 0) is 31.2 Å². The van der Waals surface area contributed by atoms with Crippen LogP contribution in [-0.2, 0) is 0 Å². The number of aryl methyl sites for hydroxylation is 1. The highest BCUT2D eigenvalue weighted by atomic mass is 32.1. The van der Waals surface area contributed by atoms with Gasteiger partial charge in [0.2, 0.25) is 0 Å². The molecule has 0 aliphatic heterocycles. The lowest BCUT2D eigenvalue weighted by atomic mass is 10.4. The molecule has 0 aromatic carbocycles. The van der Waals surface area contributed by atoms with Crippen LogP contribution in [0.1, 0.15) is 15.4 Å². The van der Waals surface area contributed by atoms with Gasteiger partial charge in [-0.25, -0.2) is 0 Å². The van der Waals surface area contributed by atoms with E-state index in [4.69, 9.17) is 4.74 Å². The number of pyridine rings is 1. The van der Waals surface area contributed by atoms with Gasteiger partial charge in [0.15, 0.2) is 11.3 Å². The van der Waals surface area contributed by atoms with Crippen LogP contribution in [0.25, 0.3) is 0 Å². The lowest BCUT2D eigenvalue weighted by Gasteiger charge is -2.01. The van der Waals surface area contributed by atoms with Crippen LogP contribution in [0.5, 0.6) is 10.8 Å². The maximum absolute atomic E-state index is 10.5. The van der Waals surface area contributed by atoms with Crippen molar-refractivity contribution < 1.29 is 9.53 Å². The van der Waals surface area contributed by atoms with Crippen molar-refractivity contribution in [2.24, 2.45) is 0 Å². The average Bonchev–Trinajstić information content (AvgIpc) is 2.69. The third-order valence-electron chi connectivity index (χ3n) is 1.82. The van der Waals surface area contributed by atoms with Crippen LogP contribution in [0.4, 0.5) is 0 Å². The zero-order chi connectivity index (χ0) is 10.7. The molecule has 0 aliphatic rings. The topological polar surface area (TPSA) is 39.2 Å². The molecule has 2 aromatic rings. The molecule has 0 atom stereocenters. The maximum atomic E-state index is 10.5. The molecule has 0 saturated heterocycles. The number of aromatic nitrogens is 1. The van der Waals surface area contributed by atoms with E-state index >= 15 is 0 Å². The minimum Gasteiger partial charge on any atom is -0.445 e. The van der Waals surface area contributed by atoms with E-state index in [-0.39, 0.29) is 0 Å². The van der Waals surface area contributed by atoms with Crippen molar-refractivity contribution in [2.45, 2.75) is 6.92 Å². The summed E-state index contributed by atoms with van der Waals surface area (Å²) < 4.78 is 5.51. The number of aldehydes is 1. The van der Waals surface area contributed by atoms with E-state index in [0.717, 1.165) is 12.0 Å². The van der Waals surface area contributed by atoms with Gasteiger partial charge in [-0.2, -0.15) is 0 Å². The van der Waals surface area contributed by atoms with Crippen molar-refractivity contribution in [3.8, 4) is 10.8 Å². The summed E-state index contributed by atoms with van der Waals surface area (Å²) >= 11 is 1.31. The van der Waals surface area contributed by atoms with Crippen molar-refractivity contribution in [3.63, 3.8) is 0 Å². The lowest BCUT2D eigenvalue weighted by Crippen LogP contribution is -1.83. The zero-order valence-corrected chi connectivity index (χ0v) is 8.95. The summed E-state index contributed by atoms with van der Waals surface area (Å²) in [5, 5.41) is 0.697. The number of ether oxygens (including phenoxy) is 1. The van der Waals surface area contributed by atoms with E-state index in [1.807, 2.05) is 19.1 Å². The van der Waals surface area contributed by atoms with Gasteiger partial charge in [-0.15, -0.1) is 0 Å². The molecule has 76 valence electrons. The van der Waals surface area contributed by atoms with E-state index < -0.39 is 0 Å². The van der Waals surface area contributed by atoms with Gasteiger partial charge >= 0.3 is 0 Å². The van der Waals surface area contributed by atoms with Crippen LogP contribution in [-0.4, -0.2) is 11.3 Å². The molecule has 0 unspecified atom stereocenters. The van der Waals surface area contributed by atoms with Crippen LogP contribution >= 0.6 is 11.3 Å². The van der Waals surface area contributed by atoms with Crippen LogP contribution in [0.3, 0.4) is 0 Å². The minimum absolute atomic E-state index is 0.657. The molecule has 0 amide bonds. The molecule has 0 N–H and O–H groups in total. The van der Waals surface area contributed by atoms with Crippen molar-refractivity contribution >= 4 is 17.6 Å². The fourth-order valence-corrected chi connectivity index (χ4v) is 1.77. The molecule has 0 bridgehead atoms. The number of thiophene rings is 1. The Kier molecular flexibility index (Phi) is 2.78. The second kappa shape index (κ2) is 4.23. The Morgan fingerprint density at radius 2 is 2.20 bits per heavy atom. The Morgan fingerprint density at radius 3 is 2.80 bits per heavy atom. The summed E-state index contributed by atoms with van der Waals surface area (Å²) in [6.07, 6.45) is 2.47. The van der Waals surface area contributed by atoms with Gasteiger partial charge in [0, 0.05) is 5.69 Å². The predicted molar refractivity (Wildman–Crippen MR) is 58.8 cm³/mol. The first-order valence-electron chi connectivity index (χ1n) is 4.43. The van der Waals surface area contributed by atoms with Crippen molar-refractivity contribution in [3.05, 3.63) is 41.0 Å². The van der Waals surface area contributed by atoms with Gasteiger partial charge in [-0.1, -0.05) is 11.3 Å². The third-order valence-corrected chi connectivity index (χ3v) is 2.71. The minimum atomic E-state index is 0.657. The summed E-state index contributed by atoms with van der Waals surface area (Å²) in [7, 11) is 0. The SMILES string of the molecule is Cc1ccc(Oc2ccc(C=O)s2)cn1. The Balaban J connectivity index is 2.14. The van der Waals surface area contributed by atoms with Crippen LogP contribution in [0.15, 0.2) is 30.5 Å². The summed E-state index contributed by atoms with van der Waals surface area (Å²) in [6.45, 7) is 1.92. The first kappa shape index (κ1) is 9.86.